The number of thioether (sulfide) groups is 1. The maximum atomic E-state index is 5.80. The Hall–Kier alpha value is -1.13. The maximum absolute atomic E-state index is 5.80. The van der Waals surface area contributed by atoms with Gasteiger partial charge in [0.25, 0.3) is 0 Å². The monoisotopic (exact) mass is 337 g/mol. The number of hydrogen-bond donors (Lipinski definition) is 1. The second kappa shape index (κ2) is 6.87. The number of anilines is 1. The van der Waals surface area contributed by atoms with Gasteiger partial charge in [-0.3, -0.25) is 0 Å². The molecule has 0 radical (unpaired) electrons. The van der Waals surface area contributed by atoms with Crippen LogP contribution >= 0.6 is 27.7 Å². The van der Waals surface area contributed by atoms with Crippen molar-refractivity contribution in [3.8, 4) is 5.75 Å². The molecule has 0 atom stereocenters. The van der Waals surface area contributed by atoms with Crippen molar-refractivity contribution in [2.45, 2.75) is 11.8 Å². The second-order valence-corrected chi connectivity index (χ2v) is 6.26. The van der Waals surface area contributed by atoms with Crippen LogP contribution in [-0.2, 0) is 0 Å². The summed E-state index contributed by atoms with van der Waals surface area (Å²) in [5.74, 6) is 1.80. The summed E-state index contributed by atoms with van der Waals surface area (Å²) in [6.45, 7) is 2.71. The van der Waals surface area contributed by atoms with E-state index in [0.29, 0.717) is 6.61 Å². The summed E-state index contributed by atoms with van der Waals surface area (Å²) in [5, 5.41) is 0. The highest BCUT2D eigenvalue weighted by molar-refractivity contribution is 9.10. The molecule has 2 aromatic carbocycles. The van der Waals surface area contributed by atoms with Gasteiger partial charge in [0.05, 0.1) is 6.61 Å². The second-order valence-electron chi connectivity index (χ2n) is 4.17. The molecule has 0 aliphatic rings. The number of rotatable bonds is 5. The van der Waals surface area contributed by atoms with Crippen molar-refractivity contribution < 1.29 is 4.74 Å². The average Bonchev–Trinajstić information content (AvgIpc) is 2.39. The van der Waals surface area contributed by atoms with Crippen LogP contribution in [0.4, 0.5) is 5.69 Å². The molecule has 4 heteroatoms. The van der Waals surface area contributed by atoms with E-state index < -0.39 is 0 Å². The average molecular weight is 338 g/mol. The lowest BCUT2D eigenvalue weighted by Gasteiger charge is -2.07. The lowest BCUT2D eigenvalue weighted by molar-refractivity contribution is 0.344. The Morgan fingerprint density at radius 3 is 2.79 bits per heavy atom. The number of ether oxygens (including phenoxy) is 1. The van der Waals surface area contributed by atoms with Gasteiger partial charge in [-0.05, 0) is 48.9 Å². The zero-order valence-electron chi connectivity index (χ0n) is 10.7. The highest BCUT2D eigenvalue weighted by Crippen LogP contribution is 2.23. The zero-order chi connectivity index (χ0) is 13.7. The van der Waals surface area contributed by atoms with E-state index in [9.17, 15) is 0 Å². The summed E-state index contributed by atoms with van der Waals surface area (Å²) < 4.78 is 6.72. The van der Waals surface area contributed by atoms with E-state index in [-0.39, 0.29) is 0 Å². The number of nitrogen functional groups attached to an aromatic ring is 1. The first-order valence-corrected chi connectivity index (χ1v) is 7.80. The molecule has 2 aromatic rings. The van der Waals surface area contributed by atoms with Crippen LogP contribution in [0.1, 0.15) is 5.56 Å². The molecule has 2 N–H and O–H groups in total. The quantitative estimate of drug-likeness (QED) is 0.495. The SMILES string of the molecule is Cc1cc(SCCOc2cccc(Br)c2)ccc1N. The van der Waals surface area contributed by atoms with Crippen molar-refractivity contribution in [3.05, 3.63) is 52.5 Å². The zero-order valence-corrected chi connectivity index (χ0v) is 13.1. The standard InChI is InChI=1S/C15H16BrNOS/c1-11-9-14(5-6-15(11)17)19-8-7-18-13-4-2-3-12(16)10-13/h2-6,9-10H,7-8,17H2,1H3. The molecule has 2 nitrogen and oxygen atoms in total. The fourth-order valence-corrected chi connectivity index (χ4v) is 2.82. The van der Waals surface area contributed by atoms with Crippen LogP contribution in [-0.4, -0.2) is 12.4 Å². The predicted octanol–water partition coefficient (Wildman–Crippen LogP) is 4.51. The predicted molar refractivity (Wildman–Crippen MR) is 86.0 cm³/mol. The van der Waals surface area contributed by atoms with Crippen LogP contribution in [0.2, 0.25) is 0 Å². The number of nitrogens with two attached hydrogens (primary N) is 1. The molecule has 0 amide bonds. The molecule has 100 valence electrons. The molecular formula is C15H16BrNOS. The fraction of sp³-hybridized carbons (Fsp3) is 0.200. The van der Waals surface area contributed by atoms with Gasteiger partial charge in [-0.15, -0.1) is 11.8 Å². The van der Waals surface area contributed by atoms with Crippen molar-refractivity contribution in [3.63, 3.8) is 0 Å². The van der Waals surface area contributed by atoms with Gasteiger partial charge in [0.1, 0.15) is 5.75 Å². The van der Waals surface area contributed by atoms with Crippen molar-refractivity contribution in [2.24, 2.45) is 0 Å². The molecule has 0 fully saturated rings. The van der Waals surface area contributed by atoms with Gasteiger partial charge < -0.3 is 10.5 Å². The van der Waals surface area contributed by atoms with Crippen molar-refractivity contribution in [1.82, 2.24) is 0 Å². The van der Waals surface area contributed by atoms with E-state index in [4.69, 9.17) is 10.5 Å². The number of benzene rings is 2. The van der Waals surface area contributed by atoms with Crippen LogP contribution in [0.3, 0.4) is 0 Å². The summed E-state index contributed by atoms with van der Waals surface area (Å²) >= 11 is 5.20. The number of halogens is 1. The Bertz CT molecular complexity index is 560. The van der Waals surface area contributed by atoms with E-state index in [2.05, 4.69) is 22.0 Å². The largest absolute Gasteiger partial charge is 0.493 e. The van der Waals surface area contributed by atoms with Crippen molar-refractivity contribution in [1.29, 1.82) is 0 Å². The molecule has 0 aliphatic heterocycles. The highest BCUT2D eigenvalue weighted by atomic mass is 79.9. The third-order valence-electron chi connectivity index (χ3n) is 2.66. The molecule has 19 heavy (non-hydrogen) atoms. The van der Waals surface area contributed by atoms with Crippen molar-refractivity contribution in [2.75, 3.05) is 18.1 Å². The minimum absolute atomic E-state index is 0.685. The van der Waals surface area contributed by atoms with Gasteiger partial charge in [0, 0.05) is 20.8 Å². The van der Waals surface area contributed by atoms with Gasteiger partial charge in [-0.1, -0.05) is 22.0 Å². The van der Waals surface area contributed by atoms with E-state index >= 15 is 0 Å². The van der Waals surface area contributed by atoms with E-state index in [1.807, 2.05) is 43.3 Å². The number of aryl methyl sites for hydroxylation is 1. The summed E-state index contributed by atoms with van der Waals surface area (Å²) in [5.41, 5.74) is 7.76. The van der Waals surface area contributed by atoms with Crippen molar-refractivity contribution >= 4 is 33.4 Å². The lowest BCUT2D eigenvalue weighted by atomic mass is 10.2. The molecule has 2 rings (SSSR count). The first kappa shape index (κ1) is 14.3. The van der Waals surface area contributed by atoms with Crippen LogP contribution < -0.4 is 10.5 Å². The smallest absolute Gasteiger partial charge is 0.120 e. The molecule has 0 unspecified atom stereocenters. The summed E-state index contributed by atoms with van der Waals surface area (Å²) in [6, 6.07) is 14.0. The highest BCUT2D eigenvalue weighted by Gasteiger charge is 1.99. The first-order valence-electron chi connectivity index (χ1n) is 6.02. The maximum Gasteiger partial charge on any atom is 0.120 e. The summed E-state index contributed by atoms with van der Waals surface area (Å²) in [6.07, 6.45) is 0. The van der Waals surface area contributed by atoms with Gasteiger partial charge in [0.15, 0.2) is 0 Å². The van der Waals surface area contributed by atoms with Crippen LogP contribution in [0.15, 0.2) is 51.8 Å². The molecule has 0 aliphatic carbocycles. The molecule has 0 spiro atoms. The van der Waals surface area contributed by atoms with Crippen LogP contribution in [0, 0.1) is 6.92 Å². The third kappa shape index (κ3) is 4.48. The van der Waals surface area contributed by atoms with Gasteiger partial charge in [-0.25, -0.2) is 0 Å². The minimum atomic E-state index is 0.685. The molecular weight excluding hydrogens is 322 g/mol. The topological polar surface area (TPSA) is 35.2 Å². The minimum Gasteiger partial charge on any atom is -0.493 e. The van der Waals surface area contributed by atoms with Gasteiger partial charge >= 0.3 is 0 Å². The Labute approximate surface area is 126 Å². The van der Waals surface area contributed by atoms with E-state index in [0.717, 1.165) is 27.2 Å². The summed E-state index contributed by atoms with van der Waals surface area (Å²) in [4.78, 5) is 1.23. The van der Waals surface area contributed by atoms with Gasteiger partial charge in [-0.2, -0.15) is 0 Å². The molecule has 0 heterocycles. The third-order valence-corrected chi connectivity index (χ3v) is 4.11. The number of hydrogen-bond acceptors (Lipinski definition) is 3. The Kier molecular flexibility index (Phi) is 5.16. The van der Waals surface area contributed by atoms with Gasteiger partial charge in [0.2, 0.25) is 0 Å². The Balaban J connectivity index is 1.79. The van der Waals surface area contributed by atoms with Crippen LogP contribution in [0.25, 0.3) is 0 Å². The molecule has 0 saturated carbocycles. The fourth-order valence-electron chi connectivity index (χ4n) is 1.61. The Morgan fingerprint density at radius 2 is 2.05 bits per heavy atom. The first-order chi connectivity index (χ1) is 9.15. The summed E-state index contributed by atoms with van der Waals surface area (Å²) in [7, 11) is 0. The van der Waals surface area contributed by atoms with E-state index in [1.165, 1.54) is 4.90 Å². The molecule has 0 saturated heterocycles. The molecule has 0 aromatic heterocycles. The lowest BCUT2D eigenvalue weighted by Crippen LogP contribution is -2.00. The molecule has 0 bridgehead atoms. The normalized spacial score (nSPS) is 10.4. The van der Waals surface area contributed by atoms with Crippen LogP contribution in [0.5, 0.6) is 5.75 Å². The van der Waals surface area contributed by atoms with E-state index in [1.54, 1.807) is 11.8 Å². The Morgan fingerprint density at radius 1 is 1.21 bits per heavy atom.